The number of rotatable bonds is 14. The quantitative estimate of drug-likeness (QED) is 0.105. The smallest absolute Gasteiger partial charge is 0.309 e. The van der Waals surface area contributed by atoms with E-state index in [0.717, 1.165) is 38.1 Å². The van der Waals surface area contributed by atoms with Crippen molar-refractivity contribution in [2.24, 2.45) is 23.7 Å². The van der Waals surface area contributed by atoms with Crippen molar-refractivity contribution in [1.82, 2.24) is 4.90 Å². The maximum absolute atomic E-state index is 13.1. The van der Waals surface area contributed by atoms with E-state index in [1.165, 1.54) is 109 Å². The lowest BCUT2D eigenvalue weighted by molar-refractivity contribution is -0.151. The lowest BCUT2D eigenvalue weighted by atomic mass is 9.78. The molecule has 0 amide bonds. The van der Waals surface area contributed by atoms with Gasteiger partial charge in [0.1, 0.15) is 6.61 Å². The van der Waals surface area contributed by atoms with Crippen LogP contribution in [0.3, 0.4) is 0 Å². The SMILES string of the molecule is CCCCCCC#C[C@H]1CCC[C@@H]1CC=CCCC(C(=O)OCCN1CCCCC1)C1CCCCC1. The van der Waals surface area contributed by atoms with E-state index < -0.39 is 0 Å². The first-order valence-corrected chi connectivity index (χ1v) is 15.8. The first-order chi connectivity index (χ1) is 17.8. The number of unbranched alkanes of at least 4 members (excludes halogenated alkanes) is 4. The molecule has 3 fully saturated rings. The Kier molecular flexibility index (Phi) is 14.7. The molecule has 0 spiro atoms. The van der Waals surface area contributed by atoms with Crippen molar-refractivity contribution in [2.45, 2.75) is 129 Å². The number of hydrogen-bond donors (Lipinski definition) is 0. The van der Waals surface area contributed by atoms with E-state index in [1.54, 1.807) is 0 Å². The Balaban J connectivity index is 1.39. The summed E-state index contributed by atoms with van der Waals surface area (Å²) in [4.78, 5) is 15.6. The predicted octanol–water partition coefficient (Wildman–Crippen LogP) is 8.33. The number of ether oxygens (including phenoxy) is 1. The number of likely N-dealkylation sites (tertiary alicyclic amines) is 1. The molecule has 0 aromatic rings. The number of esters is 1. The molecule has 0 aromatic carbocycles. The van der Waals surface area contributed by atoms with Gasteiger partial charge in [-0.05, 0) is 89.1 Å². The van der Waals surface area contributed by atoms with Gasteiger partial charge in [0.15, 0.2) is 0 Å². The van der Waals surface area contributed by atoms with E-state index in [9.17, 15) is 4.79 Å². The van der Waals surface area contributed by atoms with Gasteiger partial charge in [-0.25, -0.2) is 0 Å². The van der Waals surface area contributed by atoms with E-state index in [1.807, 2.05) is 0 Å². The Morgan fingerprint density at radius 3 is 2.56 bits per heavy atom. The summed E-state index contributed by atoms with van der Waals surface area (Å²) in [5.74, 6) is 9.15. The molecule has 1 saturated heterocycles. The Hall–Kier alpha value is -1.27. The molecule has 0 bridgehead atoms. The number of hydrogen-bond acceptors (Lipinski definition) is 3. The monoisotopic (exact) mass is 497 g/mol. The molecular formula is C33H55NO2. The summed E-state index contributed by atoms with van der Waals surface area (Å²) in [6.07, 6.45) is 28.3. The third-order valence-corrected chi connectivity index (χ3v) is 8.97. The zero-order valence-corrected chi connectivity index (χ0v) is 23.5. The highest BCUT2D eigenvalue weighted by molar-refractivity contribution is 5.72. The minimum atomic E-state index is 0.0809. The van der Waals surface area contributed by atoms with Gasteiger partial charge in [-0.2, -0.15) is 0 Å². The van der Waals surface area contributed by atoms with Crippen LogP contribution in [0, 0.1) is 35.5 Å². The number of piperidine rings is 1. The second kappa shape index (κ2) is 18.1. The van der Waals surface area contributed by atoms with Crippen LogP contribution in [0.1, 0.15) is 129 Å². The van der Waals surface area contributed by atoms with E-state index in [2.05, 4.69) is 35.8 Å². The summed E-state index contributed by atoms with van der Waals surface area (Å²) < 4.78 is 5.86. The Morgan fingerprint density at radius 2 is 1.75 bits per heavy atom. The van der Waals surface area contributed by atoms with Gasteiger partial charge in [0.2, 0.25) is 0 Å². The molecule has 0 N–H and O–H groups in total. The fraction of sp³-hybridized carbons (Fsp3) is 0.848. The fourth-order valence-corrected chi connectivity index (χ4v) is 6.66. The van der Waals surface area contributed by atoms with Gasteiger partial charge in [-0.1, -0.05) is 76.4 Å². The van der Waals surface area contributed by atoms with Gasteiger partial charge in [0, 0.05) is 18.9 Å². The molecule has 3 aliphatic rings. The van der Waals surface area contributed by atoms with Crippen LogP contribution in [-0.2, 0) is 9.53 Å². The molecule has 0 radical (unpaired) electrons. The minimum Gasteiger partial charge on any atom is -0.464 e. The molecule has 2 aliphatic carbocycles. The molecule has 1 heterocycles. The maximum atomic E-state index is 13.1. The van der Waals surface area contributed by atoms with Gasteiger partial charge < -0.3 is 4.74 Å². The van der Waals surface area contributed by atoms with Crippen LogP contribution in [0.5, 0.6) is 0 Å². The highest BCUT2D eigenvalue weighted by atomic mass is 16.5. The van der Waals surface area contributed by atoms with Crippen molar-refractivity contribution in [3.63, 3.8) is 0 Å². The van der Waals surface area contributed by atoms with Crippen LogP contribution in [0.15, 0.2) is 12.2 Å². The van der Waals surface area contributed by atoms with Gasteiger partial charge in [-0.3, -0.25) is 9.69 Å². The lowest BCUT2D eigenvalue weighted by Crippen LogP contribution is -2.34. The first-order valence-electron chi connectivity index (χ1n) is 15.8. The molecule has 1 unspecified atom stereocenters. The molecule has 3 atom stereocenters. The lowest BCUT2D eigenvalue weighted by Gasteiger charge is -2.29. The summed E-state index contributed by atoms with van der Waals surface area (Å²) in [5, 5.41) is 0. The molecule has 1 aliphatic heterocycles. The normalized spacial score (nSPS) is 24.5. The Labute approximate surface area is 223 Å². The van der Waals surface area contributed by atoms with E-state index in [-0.39, 0.29) is 11.9 Å². The third-order valence-electron chi connectivity index (χ3n) is 8.97. The molecule has 36 heavy (non-hydrogen) atoms. The fourth-order valence-electron chi connectivity index (χ4n) is 6.66. The molecule has 0 aromatic heterocycles. The van der Waals surface area contributed by atoms with Gasteiger partial charge in [0.25, 0.3) is 0 Å². The van der Waals surface area contributed by atoms with Gasteiger partial charge in [-0.15, -0.1) is 5.92 Å². The van der Waals surface area contributed by atoms with Crippen LogP contribution >= 0.6 is 0 Å². The Morgan fingerprint density at radius 1 is 0.944 bits per heavy atom. The minimum absolute atomic E-state index is 0.0809. The number of nitrogens with zero attached hydrogens (tertiary/aromatic N) is 1. The summed E-state index contributed by atoms with van der Waals surface area (Å²) >= 11 is 0. The topological polar surface area (TPSA) is 29.5 Å². The maximum Gasteiger partial charge on any atom is 0.309 e. The Bertz CT molecular complexity index is 678. The van der Waals surface area contributed by atoms with Crippen molar-refractivity contribution in [1.29, 1.82) is 0 Å². The van der Waals surface area contributed by atoms with Crippen LogP contribution in [0.2, 0.25) is 0 Å². The average Bonchev–Trinajstić information content (AvgIpc) is 3.36. The largest absolute Gasteiger partial charge is 0.464 e. The van der Waals surface area contributed by atoms with Crippen molar-refractivity contribution in [3.05, 3.63) is 12.2 Å². The zero-order chi connectivity index (χ0) is 25.3. The van der Waals surface area contributed by atoms with Crippen LogP contribution in [-0.4, -0.2) is 37.1 Å². The molecule has 3 nitrogen and oxygen atoms in total. The van der Waals surface area contributed by atoms with Crippen molar-refractivity contribution in [3.8, 4) is 11.8 Å². The second-order valence-corrected chi connectivity index (χ2v) is 11.8. The van der Waals surface area contributed by atoms with Gasteiger partial charge in [0.05, 0.1) is 5.92 Å². The molecule has 3 heteroatoms. The average molecular weight is 498 g/mol. The van der Waals surface area contributed by atoms with E-state index in [4.69, 9.17) is 4.74 Å². The zero-order valence-electron chi connectivity index (χ0n) is 23.5. The summed E-state index contributed by atoms with van der Waals surface area (Å²) in [6.45, 7) is 6.08. The number of allylic oxidation sites excluding steroid dienone is 2. The predicted molar refractivity (Wildman–Crippen MR) is 152 cm³/mol. The molecular weight excluding hydrogens is 442 g/mol. The van der Waals surface area contributed by atoms with E-state index in [0.29, 0.717) is 18.4 Å². The molecule has 204 valence electrons. The van der Waals surface area contributed by atoms with Crippen LogP contribution < -0.4 is 0 Å². The third kappa shape index (κ3) is 11.0. The highest BCUT2D eigenvalue weighted by Gasteiger charge is 2.30. The van der Waals surface area contributed by atoms with Crippen molar-refractivity contribution >= 4 is 5.97 Å². The highest BCUT2D eigenvalue weighted by Crippen LogP contribution is 2.35. The first kappa shape index (κ1) is 29.3. The summed E-state index contributed by atoms with van der Waals surface area (Å²) in [6, 6.07) is 0. The second-order valence-electron chi connectivity index (χ2n) is 11.8. The van der Waals surface area contributed by atoms with Crippen LogP contribution in [0.4, 0.5) is 0 Å². The summed E-state index contributed by atoms with van der Waals surface area (Å²) in [5.41, 5.74) is 0. The van der Waals surface area contributed by atoms with E-state index >= 15 is 0 Å². The standard InChI is InChI=1S/C33H55NO2/c1-2-3-4-5-6-10-18-29-22-17-23-30(29)19-11-8-14-24-32(31-20-12-7-13-21-31)33(35)36-28-27-34-25-15-9-16-26-34/h8,11,29-32H,2-7,9,12-17,19-28H2,1H3/t29-,30-,32?/m0/s1. The van der Waals surface area contributed by atoms with Gasteiger partial charge >= 0.3 is 5.97 Å². The van der Waals surface area contributed by atoms with Crippen LogP contribution in [0.25, 0.3) is 0 Å². The number of carbonyl (C=O) groups is 1. The van der Waals surface area contributed by atoms with Crippen molar-refractivity contribution in [2.75, 3.05) is 26.2 Å². The van der Waals surface area contributed by atoms with Crippen molar-refractivity contribution < 1.29 is 9.53 Å². The number of carbonyl (C=O) groups excluding carboxylic acids is 1. The molecule has 2 saturated carbocycles. The summed E-state index contributed by atoms with van der Waals surface area (Å²) in [7, 11) is 0. The molecule has 3 rings (SSSR count).